The smallest absolute Gasteiger partial charge is 0.339 e. The van der Waals surface area contributed by atoms with Crippen molar-refractivity contribution in [3.05, 3.63) is 92.4 Å². The highest BCUT2D eigenvalue weighted by atomic mass is 79.9. The van der Waals surface area contributed by atoms with Gasteiger partial charge in [0.1, 0.15) is 11.3 Å². The van der Waals surface area contributed by atoms with Gasteiger partial charge in [-0.3, -0.25) is 19.2 Å². The molecule has 2 N–H and O–H groups in total. The Morgan fingerprint density at radius 1 is 1.03 bits per heavy atom. The number of hydrogen-bond acceptors (Lipinski definition) is 7. The van der Waals surface area contributed by atoms with Crippen LogP contribution in [-0.4, -0.2) is 41.9 Å². The van der Waals surface area contributed by atoms with Crippen LogP contribution < -0.4 is 4.31 Å². The fourth-order valence-electron chi connectivity index (χ4n) is 2.93. The van der Waals surface area contributed by atoms with Crippen LogP contribution in [0.4, 0.5) is 11.4 Å². The largest absolute Gasteiger partial charge is 0.507 e. The average molecular weight is 535 g/mol. The van der Waals surface area contributed by atoms with Gasteiger partial charge < -0.3 is 10.2 Å². The molecule has 0 fully saturated rings. The Morgan fingerprint density at radius 3 is 2.36 bits per heavy atom. The molecule has 0 amide bonds. The fourth-order valence-corrected chi connectivity index (χ4v) is 4.79. The molecule has 0 aliphatic heterocycles. The van der Waals surface area contributed by atoms with E-state index in [2.05, 4.69) is 15.9 Å². The number of anilines is 1. The number of Topliss-reactive ketones (excluding diaryl/α,β-unsaturated/α-hetero) is 1. The Balaban J connectivity index is 2.15. The molecule has 0 aliphatic rings. The number of aromatic carboxylic acids is 1. The SMILES string of the molecule is O=C(CN(c1ccc(O)c(C(=O)O)c1)S(=O)(=O)c1cccc([N+](=O)[O-])c1)c1cccc(Br)c1. The van der Waals surface area contributed by atoms with Crippen LogP contribution >= 0.6 is 15.9 Å². The summed E-state index contributed by atoms with van der Waals surface area (Å²) < 4.78 is 28.1. The number of nitrogens with zero attached hydrogens (tertiary/aromatic N) is 2. The third-order valence-electron chi connectivity index (χ3n) is 4.55. The minimum atomic E-state index is -4.56. The minimum absolute atomic E-state index is 0.181. The number of phenols is 1. The number of carbonyl (C=O) groups is 2. The predicted octanol–water partition coefficient (Wildman–Crippen LogP) is 3.84. The van der Waals surface area contributed by atoms with Crippen molar-refractivity contribution < 1.29 is 33.1 Å². The molecule has 0 unspecified atom stereocenters. The second-order valence-corrected chi connectivity index (χ2v) is 9.48. The minimum Gasteiger partial charge on any atom is -0.507 e. The number of carboxylic acids is 1. The van der Waals surface area contributed by atoms with Crippen molar-refractivity contribution in [3.8, 4) is 5.75 Å². The Kier molecular flexibility index (Phi) is 6.79. The molecule has 0 saturated heterocycles. The maximum absolute atomic E-state index is 13.4. The normalized spacial score (nSPS) is 11.1. The third kappa shape index (κ3) is 5.18. The Labute approximate surface area is 196 Å². The first-order chi connectivity index (χ1) is 15.5. The van der Waals surface area contributed by atoms with Crippen LogP contribution in [0.2, 0.25) is 0 Å². The van der Waals surface area contributed by atoms with Crippen LogP contribution in [0, 0.1) is 10.1 Å². The lowest BCUT2D eigenvalue weighted by Crippen LogP contribution is -2.36. The van der Waals surface area contributed by atoms with Crippen LogP contribution in [-0.2, 0) is 10.0 Å². The van der Waals surface area contributed by atoms with Gasteiger partial charge >= 0.3 is 5.97 Å². The second kappa shape index (κ2) is 9.38. The van der Waals surface area contributed by atoms with Crippen molar-refractivity contribution >= 4 is 49.1 Å². The molecule has 0 bridgehead atoms. The molecule has 170 valence electrons. The number of hydrogen-bond donors (Lipinski definition) is 2. The van der Waals surface area contributed by atoms with Crippen molar-refractivity contribution in [2.45, 2.75) is 4.90 Å². The van der Waals surface area contributed by atoms with Crippen molar-refractivity contribution in [2.24, 2.45) is 0 Å². The van der Waals surface area contributed by atoms with Gasteiger partial charge in [-0.2, -0.15) is 0 Å². The molecule has 0 saturated carbocycles. The summed E-state index contributed by atoms with van der Waals surface area (Å²) in [6, 6.07) is 13.5. The lowest BCUT2D eigenvalue weighted by atomic mass is 10.1. The van der Waals surface area contributed by atoms with Crippen LogP contribution in [0.3, 0.4) is 0 Å². The van der Waals surface area contributed by atoms with Crippen LogP contribution in [0.25, 0.3) is 0 Å². The number of benzene rings is 3. The first kappa shape index (κ1) is 23.9. The van der Waals surface area contributed by atoms with Crippen LogP contribution in [0.1, 0.15) is 20.7 Å². The van der Waals surface area contributed by atoms with Gasteiger partial charge in [0.05, 0.1) is 22.1 Å². The number of non-ortho nitro benzene ring substituents is 1. The Hall–Kier alpha value is -3.77. The topological polar surface area (TPSA) is 155 Å². The van der Waals surface area contributed by atoms with Gasteiger partial charge in [-0.15, -0.1) is 0 Å². The molecule has 33 heavy (non-hydrogen) atoms. The Morgan fingerprint density at radius 2 is 1.73 bits per heavy atom. The van der Waals surface area contributed by atoms with Gasteiger partial charge in [0.25, 0.3) is 15.7 Å². The van der Waals surface area contributed by atoms with E-state index in [1.165, 1.54) is 18.2 Å². The average Bonchev–Trinajstić information content (AvgIpc) is 2.77. The van der Waals surface area contributed by atoms with Gasteiger partial charge in [-0.05, 0) is 36.4 Å². The van der Waals surface area contributed by atoms with Crippen molar-refractivity contribution in [3.63, 3.8) is 0 Å². The van der Waals surface area contributed by atoms with Gasteiger partial charge in [0.2, 0.25) is 0 Å². The highest BCUT2D eigenvalue weighted by molar-refractivity contribution is 9.10. The zero-order valence-corrected chi connectivity index (χ0v) is 19.0. The monoisotopic (exact) mass is 534 g/mol. The number of halogens is 1. The van der Waals surface area contributed by atoms with Gasteiger partial charge in [0.15, 0.2) is 5.78 Å². The van der Waals surface area contributed by atoms with Crippen LogP contribution in [0.5, 0.6) is 5.75 Å². The summed E-state index contributed by atoms with van der Waals surface area (Å²) in [6.45, 7) is -0.731. The highest BCUT2D eigenvalue weighted by Gasteiger charge is 2.30. The lowest BCUT2D eigenvalue weighted by molar-refractivity contribution is -0.385. The number of nitro benzene ring substituents is 1. The van der Waals surface area contributed by atoms with Gasteiger partial charge in [-0.1, -0.05) is 34.1 Å². The van der Waals surface area contributed by atoms with E-state index in [9.17, 15) is 38.3 Å². The molecule has 12 heteroatoms. The van der Waals surface area contributed by atoms with Crippen molar-refractivity contribution in [2.75, 3.05) is 10.8 Å². The molecule has 0 aromatic heterocycles. The van der Waals surface area contributed by atoms with Gasteiger partial charge in [-0.25, -0.2) is 13.2 Å². The lowest BCUT2D eigenvalue weighted by Gasteiger charge is -2.24. The zero-order valence-electron chi connectivity index (χ0n) is 16.6. The van der Waals surface area contributed by atoms with Gasteiger partial charge in [0, 0.05) is 22.2 Å². The standard InChI is InChI=1S/C21H15BrN2O8S/c22-14-4-1-3-13(9-14)20(26)12-23(15-7-8-19(25)18(11-15)21(27)28)33(31,32)17-6-2-5-16(10-17)24(29)30/h1-11,25H,12H2,(H,27,28). The summed E-state index contributed by atoms with van der Waals surface area (Å²) in [7, 11) is -4.56. The van der Waals surface area contributed by atoms with E-state index in [0.717, 1.165) is 36.4 Å². The second-order valence-electron chi connectivity index (χ2n) is 6.71. The zero-order chi connectivity index (χ0) is 24.3. The molecule has 0 radical (unpaired) electrons. The summed E-state index contributed by atoms with van der Waals surface area (Å²) in [5.74, 6) is -2.73. The third-order valence-corrected chi connectivity index (χ3v) is 6.81. The highest BCUT2D eigenvalue weighted by Crippen LogP contribution is 2.30. The van der Waals surface area contributed by atoms with E-state index in [0.29, 0.717) is 8.78 Å². The number of carbonyl (C=O) groups excluding carboxylic acids is 1. The molecule has 0 spiro atoms. The quantitative estimate of drug-likeness (QED) is 0.251. The first-order valence-corrected chi connectivity index (χ1v) is 11.4. The van der Waals surface area contributed by atoms with E-state index >= 15 is 0 Å². The molecular weight excluding hydrogens is 520 g/mol. The molecule has 3 aromatic rings. The van der Waals surface area contributed by atoms with E-state index in [1.54, 1.807) is 12.1 Å². The van der Waals surface area contributed by atoms with E-state index in [1.807, 2.05) is 0 Å². The Bertz CT molecular complexity index is 1370. The maximum atomic E-state index is 13.4. The summed E-state index contributed by atoms with van der Waals surface area (Å²) in [5, 5.41) is 30.2. The van der Waals surface area contributed by atoms with Crippen molar-refractivity contribution in [1.82, 2.24) is 0 Å². The van der Waals surface area contributed by atoms with E-state index < -0.39 is 55.1 Å². The maximum Gasteiger partial charge on any atom is 0.339 e. The number of ketones is 1. The molecule has 0 atom stereocenters. The molecular formula is C21H15BrN2O8S. The fraction of sp³-hybridized carbons (Fsp3) is 0.0476. The molecule has 0 heterocycles. The summed E-state index contributed by atoms with van der Waals surface area (Å²) in [5.41, 5.74) is -1.10. The number of sulfonamides is 1. The van der Waals surface area contributed by atoms with E-state index in [4.69, 9.17) is 0 Å². The molecule has 3 aromatic carbocycles. The molecule has 10 nitrogen and oxygen atoms in total. The summed E-state index contributed by atoms with van der Waals surface area (Å²) in [6.07, 6.45) is 0. The van der Waals surface area contributed by atoms with E-state index in [-0.39, 0.29) is 11.3 Å². The summed E-state index contributed by atoms with van der Waals surface area (Å²) >= 11 is 3.23. The van der Waals surface area contributed by atoms with Crippen LogP contribution in [0.15, 0.2) is 76.1 Å². The number of rotatable bonds is 8. The number of carboxylic acid groups (broad SMARTS) is 1. The first-order valence-electron chi connectivity index (χ1n) is 9.13. The van der Waals surface area contributed by atoms with Crippen molar-refractivity contribution in [1.29, 1.82) is 0 Å². The predicted molar refractivity (Wildman–Crippen MR) is 121 cm³/mol. The number of nitro groups is 1. The number of aromatic hydroxyl groups is 1. The molecule has 3 rings (SSSR count). The molecule has 0 aliphatic carbocycles. The summed E-state index contributed by atoms with van der Waals surface area (Å²) in [4.78, 5) is 34.2.